The topological polar surface area (TPSA) is 84.6 Å². The fraction of sp³-hybridized carbons (Fsp3) is 0.467. The quantitative estimate of drug-likeness (QED) is 0.755. The lowest BCUT2D eigenvalue weighted by Crippen LogP contribution is -2.35. The van der Waals surface area contributed by atoms with Crippen molar-refractivity contribution in [2.45, 2.75) is 18.8 Å². The van der Waals surface area contributed by atoms with E-state index in [0.29, 0.717) is 22.9 Å². The first-order valence-corrected chi connectivity index (χ1v) is 7.76. The monoisotopic (exact) mass is 313 g/mol. The SMILES string of the molecule is Cn1cncc1C1CCN(c2nc3c(cnn3C)c(=O)[nH]2)CC1. The molecule has 4 rings (SSSR count). The van der Waals surface area contributed by atoms with Gasteiger partial charge in [0.1, 0.15) is 5.39 Å². The van der Waals surface area contributed by atoms with Crippen LogP contribution in [0.1, 0.15) is 24.5 Å². The summed E-state index contributed by atoms with van der Waals surface area (Å²) in [7, 11) is 3.83. The highest BCUT2D eigenvalue weighted by Crippen LogP contribution is 2.28. The minimum Gasteiger partial charge on any atom is -0.342 e. The van der Waals surface area contributed by atoms with Crippen molar-refractivity contribution in [3.8, 4) is 0 Å². The van der Waals surface area contributed by atoms with Crippen molar-refractivity contribution in [2.75, 3.05) is 18.0 Å². The predicted octanol–water partition coefficient (Wildman–Crippen LogP) is 0.774. The Balaban J connectivity index is 1.58. The molecule has 8 nitrogen and oxygen atoms in total. The number of H-pyrrole nitrogens is 1. The highest BCUT2D eigenvalue weighted by Gasteiger charge is 2.24. The average molecular weight is 313 g/mol. The smallest absolute Gasteiger partial charge is 0.263 e. The van der Waals surface area contributed by atoms with Crippen molar-refractivity contribution in [1.29, 1.82) is 0 Å². The molecule has 0 aromatic carbocycles. The van der Waals surface area contributed by atoms with E-state index < -0.39 is 0 Å². The maximum atomic E-state index is 12.2. The Morgan fingerprint density at radius 2 is 2.00 bits per heavy atom. The molecule has 1 fully saturated rings. The lowest BCUT2D eigenvalue weighted by molar-refractivity contribution is 0.480. The third-order valence-electron chi connectivity index (χ3n) is 4.66. The Bertz CT molecular complexity index is 898. The first-order chi connectivity index (χ1) is 11.1. The molecule has 0 radical (unpaired) electrons. The van der Waals surface area contributed by atoms with Gasteiger partial charge in [-0.3, -0.25) is 14.5 Å². The second-order valence-electron chi connectivity index (χ2n) is 6.09. The van der Waals surface area contributed by atoms with Crippen LogP contribution in [-0.2, 0) is 14.1 Å². The molecule has 4 heterocycles. The summed E-state index contributed by atoms with van der Waals surface area (Å²) in [6.45, 7) is 1.73. The van der Waals surface area contributed by atoms with Crippen molar-refractivity contribution < 1.29 is 0 Å². The number of aryl methyl sites for hydroxylation is 2. The Labute approximate surface area is 132 Å². The van der Waals surface area contributed by atoms with Crippen molar-refractivity contribution in [1.82, 2.24) is 29.3 Å². The predicted molar refractivity (Wildman–Crippen MR) is 86.5 cm³/mol. The molecule has 0 saturated carbocycles. The van der Waals surface area contributed by atoms with Gasteiger partial charge in [-0.25, -0.2) is 4.98 Å². The van der Waals surface area contributed by atoms with Crippen LogP contribution in [0.25, 0.3) is 11.0 Å². The van der Waals surface area contributed by atoms with Crippen LogP contribution >= 0.6 is 0 Å². The lowest BCUT2D eigenvalue weighted by Gasteiger charge is -2.32. The van der Waals surface area contributed by atoms with Crippen LogP contribution in [0.3, 0.4) is 0 Å². The number of hydrogen-bond acceptors (Lipinski definition) is 5. The third kappa shape index (κ3) is 2.30. The zero-order valence-electron chi connectivity index (χ0n) is 13.2. The van der Waals surface area contributed by atoms with Gasteiger partial charge in [-0.15, -0.1) is 0 Å². The van der Waals surface area contributed by atoms with Crippen LogP contribution < -0.4 is 10.5 Å². The molecule has 0 aliphatic carbocycles. The molecule has 1 aliphatic rings. The first-order valence-electron chi connectivity index (χ1n) is 7.76. The van der Waals surface area contributed by atoms with Gasteiger partial charge < -0.3 is 9.47 Å². The number of nitrogens with one attached hydrogen (secondary N) is 1. The Morgan fingerprint density at radius 1 is 1.22 bits per heavy atom. The lowest BCUT2D eigenvalue weighted by atomic mass is 9.94. The van der Waals surface area contributed by atoms with E-state index in [1.54, 1.807) is 17.9 Å². The third-order valence-corrected chi connectivity index (χ3v) is 4.66. The van der Waals surface area contributed by atoms with E-state index in [1.165, 1.54) is 5.69 Å². The van der Waals surface area contributed by atoms with Crippen molar-refractivity contribution in [3.63, 3.8) is 0 Å². The normalized spacial score (nSPS) is 16.3. The van der Waals surface area contributed by atoms with E-state index >= 15 is 0 Å². The standard InChI is InChI=1S/C15H19N7O/c1-20-9-16-8-12(20)10-3-5-22(6-4-10)15-18-13-11(14(23)19-15)7-17-21(13)2/h7-10H,3-6H2,1-2H3,(H,18,19,23). The maximum Gasteiger partial charge on any atom is 0.263 e. The Kier molecular flexibility index (Phi) is 3.17. The molecule has 8 heteroatoms. The van der Waals surface area contributed by atoms with Gasteiger partial charge in [-0.1, -0.05) is 0 Å². The van der Waals surface area contributed by atoms with Gasteiger partial charge >= 0.3 is 0 Å². The van der Waals surface area contributed by atoms with E-state index in [4.69, 9.17) is 0 Å². The molecule has 1 aliphatic heterocycles. The summed E-state index contributed by atoms with van der Waals surface area (Å²) in [5.74, 6) is 1.14. The fourth-order valence-electron chi connectivity index (χ4n) is 3.32. The second-order valence-corrected chi connectivity index (χ2v) is 6.09. The summed E-state index contributed by atoms with van der Waals surface area (Å²) in [6.07, 6.45) is 7.39. The molecule has 0 spiro atoms. The summed E-state index contributed by atoms with van der Waals surface area (Å²) >= 11 is 0. The summed E-state index contributed by atoms with van der Waals surface area (Å²) < 4.78 is 3.72. The van der Waals surface area contributed by atoms with Gasteiger partial charge in [0.25, 0.3) is 5.56 Å². The number of nitrogens with zero attached hydrogens (tertiary/aromatic N) is 6. The largest absolute Gasteiger partial charge is 0.342 e. The molecule has 0 atom stereocenters. The Hall–Kier alpha value is -2.64. The molecule has 0 bridgehead atoms. The van der Waals surface area contributed by atoms with E-state index in [9.17, 15) is 4.79 Å². The van der Waals surface area contributed by atoms with Gasteiger partial charge in [0, 0.05) is 45.0 Å². The maximum absolute atomic E-state index is 12.2. The molecule has 3 aromatic rings. The highest BCUT2D eigenvalue weighted by molar-refractivity contribution is 5.74. The Morgan fingerprint density at radius 3 is 2.70 bits per heavy atom. The van der Waals surface area contributed by atoms with Crippen molar-refractivity contribution in [2.24, 2.45) is 14.1 Å². The number of anilines is 1. The molecule has 0 amide bonds. The molecule has 1 N–H and O–H groups in total. The molecule has 23 heavy (non-hydrogen) atoms. The molecular weight excluding hydrogens is 294 g/mol. The van der Waals surface area contributed by atoms with Crippen LogP contribution in [-0.4, -0.2) is 42.4 Å². The molecule has 120 valence electrons. The van der Waals surface area contributed by atoms with Crippen molar-refractivity contribution >= 4 is 17.0 Å². The zero-order chi connectivity index (χ0) is 16.0. The van der Waals surface area contributed by atoms with Crippen LogP contribution in [0.15, 0.2) is 23.5 Å². The van der Waals surface area contributed by atoms with Crippen LogP contribution in [0.2, 0.25) is 0 Å². The van der Waals surface area contributed by atoms with Crippen molar-refractivity contribution in [3.05, 3.63) is 34.8 Å². The summed E-state index contributed by atoms with van der Waals surface area (Å²) in [6, 6.07) is 0. The summed E-state index contributed by atoms with van der Waals surface area (Å²) in [5.41, 5.74) is 1.76. The van der Waals surface area contributed by atoms with Gasteiger partial charge in [0.15, 0.2) is 5.65 Å². The van der Waals surface area contributed by atoms with E-state index in [-0.39, 0.29) is 5.56 Å². The minimum absolute atomic E-state index is 0.133. The second kappa shape index (κ2) is 5.22. The average Bonchev–Trinajstić information content (AvgIpc) is 3.14. The van der Waals surface area contributed by atoms with Crippen LogP contribution in [0.4, 0.5) is 5.95 Å². The number of aromatic nitrogens is 6. The summed E-state index contributed by atoms with van der Waals surface area (Å²) in [5, 5.41) is 4.63. The highest BCUT2D eigenvalue weighted by atomic mass is 16.1. The number of fused-ring (bicyclic) bond motifs is 1. The molecule has 3 aromatic heterocycles. The van der Waals surface area contributed by atoms with Gasteiger partial charge in [-0.2, -0.15) is 10.1 Å². The summed E-state index contributed by atoms with van der Waals surface area (Å²) in [4.78, 5) is 26.0. The molecule has 1 saturated heterocycles. The number of rotatable bonds is 2. The zero-order valence-corrected chi connectivity index (χ0v) is 13.2. The fourth-order valence-corrected chi connectivity index (χ4v) is 3.32. The van der Waals surface area contributed by atoms with Gasteiger partial charge in [0.05, 0.1) is 12.5 Å². The van der Waals surface area contributed by atoms with Crippen LogP contribution in [0.5, 0.6) is 0 Å². The van der Waals surface area contributed by atoms with E-state index in [0.717, 1.165) is 25.9 Å². The van der Waals surface area contributed by atoms with Gasteiger partial charge in [-0.05, 0) is 12.8 Å². The molecular formula is C15H19N7O. The van der Waals surface area contributed by atoms with E-state index in [2.05, 4.69) is 29.5 Å². The molecule has 0 unspecified atom stereocenters. The number of imidazole rings is 1. The van der Waals surface area contributed by atoms with Gasteiger partial charge in [0.2, 0.25) is 5.95 Å². The minimum atomic E-state index is -0.133. The number of aromatic amines is 1. The van der Waals surface area contributed by atoms with Crippen LogP contribution in [0, 0.1) is 0 Å². The first kappa shape index (κ1) is 14.0. The number of hydrogen-bond donors (Lipinski definition) is 1. The van der Waals surface area contributed by atoms with E-state index in [1.807, 2.05) is 19.6 Å². The number of piperidine rings is 1.